The maximum absolute atomic E-state index is 12.5. The lowest BCUT2D eigenvalue weighted by Crippen LogP contribution is -2.34. The monoisotopic (exact) mass is 337 g/mol. The number of rotatable bonds is 6. The summed E-state index contributed by atoms with van der Waals surface area (Å²) in [5.74, 6) is -0.101. The Morgan fingerprint density at radius 1 is 1.20 bits per heavy atom. The number of carbonyl (C=O) groups excluding carboxylic acids is 1. The summed E-state index contributed by atoms with van der Waals surface area (Å²) in [6.07, 6.45) is 0. The van der Waals surface area contributed by atoms with E-state index in [1.807, 2.05) is 56.0 Å². The summed E-state index contributed by atoms with van der Waals surface area (Å²) in [6, 6.07) is 15.8. The lowest BCUT2D eigenvalue weighted by Gasteiger charge is -2.25. The molecule has 0 saturated carbocycles. The molecule has 25 heavy (non-hydrogen) atoms. The molecule has 0 saturated heterocycles. The molecule has 6 heteroatoms. The molecule has 0 aliphatic heterocycles. The highest BCUT2D eigenvalue weighted by molar-refractivity contribution is 5.97. The van der Waals surface area contributed by atoms with Crippen molar-refractivity contribution in [2.45, 2.75) is 19.5 Å². The molecule has 0 aliphatic carbocycles. The molecule has 6 nitrogen and oxygen atoms in total. The number of benzene rings is 2. The minimum absolute atomic E-state index is 0.101. The molecule has 1 atom stereocenters. The number of aromatic nitrogens is 3. The van der Waals surface area contributed by atoms with Gasteiger partial charge in [-0.25, -0.2) is 4.68 Å². The standard InChI is InChI=1S/C19H23N5O/c1-4-24-17-11-10-15(12-16(17)21-22-24)19(25)20-13-18(23(2)3)14-8-6-5-7-9-14/h5-12,18H,4,13H2,1-3H3,(H,20,25). The van der Waals surface area contributed by atoms with Crippen LogP contribution in [0.25, 0.3) is 11.0 Å². The van der Waals surface area contributed by atoms with E-state index >= 15 is 0 Å². The summed E-state index contributed by atoms with van der Waals surface area (Å²) in [5.41, 5.74) is 3.45. The smallest absolute Gasteiger partial charge is 0.251 e. The fraction of sp³-hybridized carbons (Fsp3) is 0.316. The molecule has 130 valence electrons. The molecule has 0 radical (unpaired) electrons. The fourth-order valence-corrected chi connectivity index (χ4v) is 2.91. The van der Waals surface area contributed by atoms with Gasteiger partial charge < -0.3 is 10.2 Å². The molecule has 1 heterocycles. The number of nitrogens with one attached hydrogen (secondary N) is 1. The van der Waals surface area contributed by atoms with Crippen molar-refractivity contribution in [1.82, 2.24) is 25.2 Å². The van der Waals surface area contributed by atoms with Crippen molar-refractivity contribution in [3.63, 3.8) is 0 Å². The number of hydrogen-bond acceptors (Lipinski definition) is 4. The number of hydrogen-bond donors (Lipinski definition) is 1. The van der Waals surface area contributed by atoms with Crippen molar-refractivity contribution in [2.75, 3.05) is 20.6 Å². The fourth-order valence-electron chi connectivity index (χ4n) is 2.91. The van der Waals surface area contributed by atoms with Crippen molar-refractivity contribution < 1.29 is 4.79 Å². The summed E-state index contributed by atoms with van der Waals surface area (Å²) in [6.45, 7) is 3.30. The summed E-state index contributed by atoms with van der Waals surface area (Å²) >= 11 is 0. The van der Waals surface area contributed by atoms with E-state index in [0.29, 0.717) is 12.1 Å². The largest absolute Gasteiger partial charge is 0.350 e. The first kappa shape index (κ1) is 17.1. The molecule has 0 fully saturated rings. The first-order valence-electron chi connectivity index (χ1n) is 8.43. The van der Waals surface area contributed by atoms with Gasteiger partial charge in [0, 0.05) is 18.7 Å². The van der Waals surface area contributed by atoms with Gasteiger partial charge in [0.1, 0.15) is 5.52 Å². The SMILES string of the molecule is CCn1nnc2cc(C(=O)NCC(c3ccccc3)N(C)C)ccc21. The minimum Gasteiger partial charge on any atom is -0.350 e. The summed E-state index contributed by atoms with van der Waals surface area (Å²) in [7, 11) is 4.03. The maximum Gasteiger partial charge on any atom is 0.251 e. The number of amides is 1. The molecule has 0 bridgehead atoms. The molecule has 3 aromatic rings. The number of fused-ring (bicyclic) bond motifs is 1. The van der Waals surface area contributed by atoms with Crippen LogP contribution in [0.1, 0.15) is 28.9 Å². The van der Waals surface area contributed by atoms with E-state index in [4.69, 9.17) is 0 Å². The minimum atomic E-state index is -0.101. The van der Waals surface area contributed by atoms with Gasteiger partial charge in [-0.3, -0.25) is 4.79 Å². The van der Waals surface area contributed by atoms with E-state index in [1.165, 1.54) is 5.56 Å². The van der Waals surface area contributed by atoms with Crippen molar-refractivity contribution in [2.24, 2.45) is 0 Å². The van der Waals surface area contributed by atoms with Crippen LogP contribution in [-0.4, -0.2) is 46.4 Å². The predicted octanol–water partition coefficient (Wildman–Crippen LogP) is 2.48. The van der Waals surface area contributed by atoms with Crippen LogP contribution in [0.5, 0.6) is 0 Å². The third-order valence-electron chi connectivity index (χ3n) is 4.34. The van der Waals surface area contributed by atoms with E-state index in [0.717, 1.165) is 17.6 Å². The average molecular weight is 337 g/mol. The van der Waals surface area contributed by atoms with Gasteiger partial charge in [-0.15, -0.1) is 5.10 Å². The molecule has 1 aromatic heterocycles. The summed E-state index contributed by atoms with van der Waals surface area (Å²) in [4.78, 5) is 14.6. The molecule has 0 spiro atoms. The lowest BCUT2D eigenvalue weighted by molar-refractivity contribution is 0.0942. The van der Waals surface area contributed by atoms with Crippen molar-refractivity contribution >= 4 is 16.9 Å². The number of likely N-dealkylation sites (N-methyl/N-ethyl adjacent to an activating group) is 1. The van der Waals surface area contributed by atoms with Gasteiger partial charge in [0.15, 0.2) is 0 Å². The highest BCUT2D eigenvalue weighted by Crippen LogP contribution is 2.17. The van der Waals surface area contributed by atoms with Gasteiger partial charge in [-0.2, -0.15) is 0 Å². The molecule has 1 N–H and O–H groups in total. The summed E-state index contributed by atoms with van der Waals surface area (Å²) < 4.78 is 1.81. The third kappa shape index (κ3) is 3.69. The van der Waals surface area contributed by atoms with Gasteiger partial charge >= 0.3 is 0 Å². The van der Waals surface area contributed by atoms with Crippen LogP contribution in [0.3, 0.4) is 0 Å². The van der Waals surface area contributed by atoms with Crippen molar-refractivity contribution in [1.29, 1.82) is 0 Å². The Morgan fingerprint density at radius 3 is 2.64 bits per heavy atom. The van der Waals surface area contributed by atoms with E-state index in [9.17, 15) is 4.79 Å². The van der Waals surface area contributed by atoms with E-state index < -0.39 is 0 Å². The molecule has 3 rings (SSSR count). The van der Waals surface area contributed by atoms with E-state index in [2.05, 4.69) is 32.7 Å². The van der Waals surface area contributed by atoms with E-state index in [1.54, 1.807) is 6.07 Å². The van der Waals surface area contributed by atoms with Crippen LogP contribution in [0.15, 0.2) is 48.5 Å². The average Bonchev–Trinajstić information content (AvgIpc) is 3.04. The van der Waals surface area contributed by atoms with Gasteiger partial charge in [-0.05, 0) is 44.8 Å². The van der Waals surface area contributed by atoms with Gasteiger partial charge in [0.25, 0.3) is 5.91 Å². The molecular weight excluding hydrogens is 314 g/mol. The zero-order valence-electron chi connectivity index (χ0n) is 14.8. The van der Waals surface area contributed by atoms with Crippen LogP contribution in [0.2, 0.25) is 0 Å². The Kier molecular flexibility index (Phi) is 5.09. The quantitative estimate of drug-likeness (QED) is 0.751. The second-order valence-electron chi connectivity index (χ2n) is 6.21. The second-order valence-corrected chi connectivity index (χ2v) is 6.21. The second kappa shape index (κ2) is 7.44. The highest BCUT2D eigenvalue weighted by Gasteiger charge is 2.16. The van der Waals surface area contributed by atoms with Crippen LogP contribution in [0.4, 0.5) is 0 Å². The Morgan fingerprint density at radius 2 is 1.96 bits per heavy atom. The zero-order chi connectivity index (χ0) is 17.8. The lowest BCUT2D eigenvalue weighted by atomic mass is 10.1. The van der Waals surface area contributed by atoms with Crippen LogP contribution in [-0.2, 0) is 6.54 Å². The normalized spacial score (nSPS) is 12.5. The summed E-state index contributed by atoms with van der Waals surface area (Å²) in [5, 5.41) is 11.2. The van der Waals surface area contributed by atoms with Crippen LogP contribution in [0, 0.1) is 0 Å². The Hall–Kier alpha value is -2.73. The van der Waals surface area contributed by atoms with Crippen molar-refractivity contribution in [3.8, 4) is 0 Å². The van der Waals surface area contributed by atoms with Gasteiger partial charge in [-0.1, -0.05) is 35.5 Å². The topological polar surface area (TPSA) is 63.1 Å². The number of aryl methyl sites for hydroxylation is 1. The van der Waals surface area contributed by atoms with E-state index in [-0.39, 0.29) is 11.9 Å². The molecule has 0 aliphatic rings. The van der Waals surface area contributed by atoms with Crippen LogP contribution < -0.4 is 5.32 Å². The van der Waals surface area contributed by atoms with Gasteiger partial charge in [0.05, 0.1) is 11.6 Å². The highest BCUT2D eigenvalue weighted by atomic mass is 16.1. The predicted molar refractivity (Wildman–Crippen MR) is 98.4 cm³/mol. The molecule has 1 unspecified atom stereocenters. The third-order valence-corrected chi connectivity index (χ3v) is 4.34. The first-order valence-corrected chi connectivity index (χ1v) is 8.43. The zero-order valence-corrected chi connectivity index (χ0v) is 14.8. The molecular formula is C19H23N5O. The van der Waals surface area contributed by atoms with Crippen molar-refractivity contribution in [3.05, 3.63) is 59.7 Å². The first-order chi connectivity index (χ1) is 12.1. The molecule has 1 amide bonds. The Balaban J connectivity index is 1.73. The van der Waals surface area contributed by atoms with Crippen LogP contribution >= 0.6 is 0 Å². The number of carbonyl (C=O) groups is 1. The Labute approximate surface area is 147 Å². The number of nitrogens with zero attached hydrogens (tertiary/aromatic N) is 4. The maximum atomic E-state index is 12.5. The molecule has 2 aromatic carbocycles. The van der Waals surface area contributed by atoms with Gasteiger partial charge in [0.2, 0.25) is 0 Å². The Bertz CT molecular complexity index is 857.